The van der Waals surface area contributed by atoms with Crippen LogP contribution in [0.5, 0.6) is 23.0 Å². The highest BCUT2D eigenvalue weighted by molar-refractivity contribution is 5.81. The summed E-state index contributed by atoms with van der Waals surface area (Å²) in [4.78, 5) is 12.3. The van der Waals surface area contributed by atoms with Crippen molar-refractivity contribution in [1.29, 1.82) is 0 Å². The Labute approximate surface area is 139 Å². The molecule has 124 valence electrons. The van der Waals surface area contributed by atoms with E-state index in [9.17, 15) is 4.79 Å². The smallest absolute Gasteiger partial charge is 0.264 e. The number of carbonyl (C=O) groups is 1. The molecule has 6 nitrogen and oxygen atoms in total. The lowest BCUT2D eigenvalue weighted by atomic mass is 10.2. The molecule has 0 fully saturated rings. The maximum Gasteiger partial charge on any atom is 0.264 e. The highest BCUT2D eigenvalue weighted by Gasteiger charge is 2.28. The van der Waals surface area contributed by atoms with E-state index in [0.717, 1.165) is 5.75 Å². The highest BCUT2D eigenvalue weighted by Crippen LogP contribution is 2.31. The van der Waals surface area contributed by atoms with E-state index in [1.165, 1.54) is 0 Å². The summed E-state index contributed by atoms with van der Waals surface area (Å²) in [6, 6.07) is 14.8. The molecule has 2 atom stereocenters. The fourth-order valence-electron chi connectivity index (χ4n) is 2.64. The molecule has 2 aliphatic heterocycles. The summed E-state index contributed by atoms with van der Waals surface area (Å²) in [6.07, 6.45) is -0.905. The predicted molar refractivity (Wildman–Crippen MR) is 85.7 cm³/mol. The summed E-state index contributed by atoms with van der Waals surface area (Å²) in [6.45, 7) is 0.921. The van der Waals surface area contributed by atoms with Crippen molar-refractivity contribution >= 4 is 5.91 Å². The van der Waals surface area contributed by atoms with E-state index in [2.05, 4.69) is 5.32 Å². The van der Waals surface area contributed by atoms with Crippen LogP contribution in [0.15, 0.2) is 48.5 Å². The zero-order valence-electron chi connectivity index (χ0n) is 12.9. The van der Waals surface area contributed by atoms with Crippen LogP contribution in [0.1, 0.15) is 0 Å². The number of para-hydroxylation sites is 4. The van der Waals surface area contributed by atoms with Crippen LogP contribution in [-0.2, 0) is 4.79 Å². The zero-order chi connectivity index (χ0) is 16.4. The Balaban J connectivity index is 1.32. The second-order valence-corrected chi connectivity index (χ2v) is 5.61. The van der Waals surface area contributed by atoms with Crippen molar-refractivity contribution in [1.82, 2.24) is 5.32 Å². The van der Waals surface area contributed by atoms with Crippen molar-refractivity contribution in [2.24, 2.45) is 0 Å². The number of nitrogens with one attached hydrogen (secondary N) is 1. The van der Waals surface area contributed by atoms with E-state index >= 15 is 0 Å². The van der Waals surface area contributed by atoms with Crippen LogP contribution in [-0.4, -0.2) is 37.9 Å². The summed E-state index contributed by atoms with van der Waals surface area (Å²) < 4.78 is 22.7. The second-order valence-electron chi connectivity index (χ2n) is 5.61. The lowest BCUT2D eigenvalue weighted by molar-refractivity contribution is -0.130. The normalized spacial score (nSPS) is 21.0. The molecule has 0 bridgehead atoms. The average molecular weight is 327 g/mol. The number of carbonyl (C=O) groups excluding carboxylic acids is 1. The molecule has 2 aromatic carbocycles. The Hall–Kier alpha value is -2.89. The van der Waals surface area contributed by atoms with Gasteiger partial charge >= 0.3 is 0 Å². The van der Waals surface area contributed by atoms with Crippen molar-refractivity contribution in [3.05, 3.63) is 48.5 Å². The first kappa shape index (κ1) is 14.7. The lowest BCUT2D eigenvalue weighted by Gasteiger charge is -2.28. The molecule has 2 aromatic rings. The molecule has 0 saturated carbocycles. The first-order valence-electron chi connectivity index (χ1n) is 7.84. The first-order chi connectivity index (χ1) is 11.8. The molecule has 2 aliphatic rings. The summed E-state index contributed by atoms with van der Waals surface area (Å²) in [5.74, 6) is 2.42. The summed E-state index contributed by atoms with van der Waals surface area (Å²) in [5, 5.41) is 2.83. The van der Waals surface area contributed by atoms with Crippen molar-refractivity contribution in [2.75, 3.05) is 19.8 Å². The van der Waals surface area contributed by atoms with Crippen LogP contribution in [0.3, 0.4) is 0 Å². The number of hydrogen-bond acceptors (Lipinski definition) is 5. The van der Waals surface area contributed by atoms with Gasteiger partial charge in [0.15, 0.2) is 23.0 Å². The van der Waals surface area contributed by atoms with Crippen molar-refractivity contribution in [3.63, 3.8) is 0 Å². The molecule has 1 amide bonds. The van der Waals surface area contributed by atoms with Crippen LogP contribution in [0.2, 0.25) is 0 Å². The number of hydrogen-bond donors (Lipinski definition) is 1. The standard InChI is InChI=1S/C18H17NO5/c20-18(17-11-22-14-6-2-4-8-16(14)24-17)19-9-12-10-21-13-5-1-3-7-15(13)23-12/h1-8,12,17H,9-11H2,(H,19,20)/t12-,17-/m0/s1. The molecule has 0 saturated heterocycles. The van der Waals surface area contributed by atoms with Crippen molar-refractivity contribution in [3.8, 4) is 23.0 Å². The van der Waals surface area contributed by atoms with Crippen LogP contribution in [0.25, 0.3) is 0 Å². The predicted octanol–water partition coefficient (Wildman–Crippen LogP) is 1.78. The van der Waals surface area contributed by atoms with Gasteiger partial charge in [0.2, 0.25) is 6.10 Å². The van der Waals surface area contributed by atoms with Crippen LogP contribution in [0, 0.1) is 0 Å². The number of rotatable bonds is 3. The van der Waals surface area contributed by atoms with Gasteiger partial charge in [0.25, 0.3) is 5.91 Å². The number of amides is 1. The minimum atomic E-state index is -0.670. The zero-order valence-corrected chi connectivity index (χ0v) is 12.9. The minimum Gasteiger partial charge on any atom is -0.486 e. The largest absolute Gasteiger partial charge is 0.486 e. The van der Waals surface area contributed by atoms with E-state index in [1.54, 1.807) is 6.07 Å². The Morgan fingerprint density at radius 3 is 2.17 bits per heavy atom. The Kier molecular flexibility index (Phi) is 3.86. The quantitative estimate of drug-likeness (QED) is 0.931. The number of fused-ring (bicyclic) bond motifs is 2. The first-order valence-corrected chi connectivity index (χ1v) is 7.84. The molecule has 4 rings (SSSR count). The van der Waals surface area contributed by atoms with Gasteiger partial charge in [-0.25, -0.2) is 0 Å². The van der Waals surface area contributed by atoms with Crippen molar-refractivity contribution in [2.45, 2.75) is 12.2 Å². The monoisotopic (exact) mass is 327 g/mol. The summed E-state index contributed by atoms with van der Waals surface area (Å²) in [5.41, 5.74) is 0. The second kappa shape index (κ2) is 6.31. The number of ether oxygens (including phenoxy) is 4. The van der Waals surface area contributed by atoms with Gasteiger partial charge in [-0.3, -0.25) is 4.79 Å². The van der Waals surface area contributed by atoms with Crippen LogP contribution >= 0.6 is 0 Å². The lowest BCUT2D eigenvalue weighted by Crippen LogP contribution is -2.48. The van der Waals surface area contributed by atoms with Gasteiger partial charge in [-0.1, -0.05) is 24.3 Å². The molecular weight excluding hydrogens is 310 g/mol. The number of benzene rings is 2. The van der Waals surface area contributed by atoms with E-state index < -0.39 is 6.10 Å². The van der Waals surface area contributed by atoms with Gasteiger partial charge in [0, 0.05) is 0 Å². The molecule has 1 N–H and O–H groups in total. The van der Waals surface area contributed by atoms with Gasteiger partial charge < -0.3 is 24.3 Å². The van der Waals surface area contributed by atoms with E-state index in [1.807, 2.05) is 42.5 Å². The maximum atomic E-state index is 12.3. The van der Waals surface area contributed by atoms with Crippen molar-refractivity contribution < 1.29 is 23.7 Å². The molecule has 0 radical (unpaired) electrons. The van der Waals surface area contributed by atoms with Crippen LogP contribution in [0.4, 0.5) is 0 Å². The maximum absolute atomic E-state index is 12.3. The van der Waals surface area contributed by atoms with E-state index in [-0.39, 0.29) is 18.6 Å². The SMILES string of the molecule is O=C(NC[C@H]1COc2ccccc2O1)[C@@H]1COc2ccccc2O1. The van der Waals surface area contributed by atoms with E-state index in [4.69, 9.17) is 18.9 Å². The third-order valence-corrected chi connectivity index (χ3v) is 3.87. The topological polar surface area (TPSA) is 66.0 Å². The Morgan fingerprint density at radius 2 is 1.46 bits per heavy atom. The molecule has 0 unspecified atom stereocenters. The minimum absolute atomic E-state index is 0.188. The Bertz CT molecular complexity index is 748. The molecule has 0 aromatic heterocycles. The highest BCUT2D eigenvalue weighted by atomic mass is 16.6. The average Bonchev–Trinajstić information content (AvgIpc) is 2.65. The van der Waals surface area contributed by atoms with Gasteiger partial charge in [-0.05, 0) is 24.3 Å². The summed E-state index contributed by atoms with van der Waals surface area (Å²) >= 11 is 0. The van der Waals surface area contributed by atoms with Gasteiger partial charge in [-0.2, -0.15) is 0 Å². The third kappa shape index (κ3) is 2.95. The molecule has 2 heterocycles. The molecule has 0 spiro atoms. The van der Waals surface area contributed by atoms with Gasteiger partial charge in [-0.15, -0.1) is 0 Å². The van der Waals surface area contributed by atoms with Gasteiger partial charge in [0.1, 0.15) is 19.3 Å². The van der Waals surface area contributed by atoms with Gasteiger partial charge in [0.05, 0.1) is 6.54 Å². The fourth-order valence-corrected chi connectivity index (χ4v) is 2.64. The molecule has 24 heavy (non-hydrogen) atoms. The molecule has 0 aliphatic carbocycles. The van der Waals surface area contributed by atoms with E-state index in [0.29, 0.717) is 30.4 Å². The molecular formula is C18H17NO5. The Morgan fingerprint density at radius 1 is 0.875 bits per heavy atom. The third-order valence-electron chi connectivity index (χ3n) is 3.87. The van der Waals surface area contributed by atoms with Crippen LogP contribution < -0.4 is 24.3 Å². The summed E-state index contributed by atoms with van der Waals surface area (Å²) in [7, 11) is 0. The molecule has 6 heteroatoms. The fraction of sp³-hybridized carbons (Fsp3) is 0.278.